The Kier molecular flexibility index (Phi) is 8.00. The van der Waals surface area contributed by atoms with E-state index in [0.717, 1.165) is 29.6 Å². The minimum absolute atomic E-state index is 0.778. The van der Waals surface area contributed by atoms with Crippen LogP contribution in [0.4, 0.5) is 0 Å². The van der Waals surface area contributed by atoms with Crippen LogP contribution in [0, 0.1) is 0 Å². The molecule has 0 radical (unpaired) electrons. The van der Waals surface area contributed by atoms with Crippen molar-refractivity contribution in [3.8, 4) is 0 Å². The van der Waals surface area contributed by atoms with Crippen molar-refractivity contribution in [2.75, 3.05) is 6.16 Å². The fourth-order valence-electron chi connectivity index (χ4n) is 4.79. The lowest BCUT2D eigenvalue weighted by Gasteiger charge is -2.29. The predicted octanol–water partition coefficient (Wildman–Crippen LogP) is 7.40. The van der Waals surface area contributed by atoms with Crippen LogP contribution >= 0.6 is 14.3 Å². The van der Waals surface area contributed by atoms with Crippen LogP contribution in [0.5, 0.6) is 0 Å². The quantitative estimate of drug-likeness (QED) is 0.187. The van der Waals surface area contributed by atoms with Gasteiger partial charge in [0.05, 0.1) is 0 Å². The molecule has 2 nitrogen and oxygen atoms in total. The summed E-state index contributed by atoms with van der Waals surface area (Å²) in [5.41, 5.74) is 1.32. The largest absolute Gasteiger partial charge is 0.288 e. The first kappa shape index (κ1) is 25.2. The molecule has 0 bridgehead atoms. The van der Waals surface area contributed by atoms with E-state index >= 15 is 4.57 Å². The van der Waals surface area contributed by atoms with Crippen LogP contribution in [0.15, 0.2) is 156 Å². The van der Waals surface area contributed by atoms with E-state index in [-0.39, 0.29) is 0 Å². The first-order chi connectivity index (χ1) is 18.2. The topological polar surface area (TPSA) is 29.4 Å². The highest BCUT2D eigenvalue weighted by Gasteiger charge is 2.33. The number of benzene rings is 5. The van der Waals surface area contributed by atoms with Gasteiger partial charge >= 0.3 is 0 Å². The van der Waals surface area contributed by atoms with E-state index < -0.39 is 14.3 Å². The van der Waals surface area contributed by atoms with Crippen molar-refractivity contribution in [2.24, 2.45) is 4.52 Å². The molecule has 5 rings (SSSR count). The number of aryl methyl sites for hydroxylation is 1. The fourth-order valence-corrected chi connectivity index (χ4v) is 12.7. The highest BCUT2D eigenvalue weighted by molar-refractivity contribution is 7.89. The second-order valence-corrected chi connectivity index (χ2v) is 15.0. The van der Waals surface area contributed by atoms with Crippen LogP contribution in [-0.2, 0) is 11.0 Å². The fraction of sp³-hybridized carbons (Fsp3) is 0.0909. The second-order valence-electron chi connectivity index (χ2n) is 9.09. The molecule has 0 saturated carbocycles. The van der Waals surface area contributed by atoms with Gasteiger partial charge in [0.15, 0.2) is 0 Å². The van der Waals surface area contributed by atoms with Crippen molar-refractivity contribution in [3.63, 3.8) is 0 Å². The summed E-state index contributed by atoms with van der Waals surface area (Å²) in [5, 5.41) is 3.89. The van der Waals surface area contributed by atoms with Crippen molar-refractivity contribution in [1.82, 2.24) is 0 Å². The summed E-state index contributed by atoms with van der Waals surface area (Å²) in [4.78, 5) is 0. The molecule has 0 amide bonds. The molecular formula is C33H31NOP2. The first-order valence-electron chi connectivity index (χ1n) is 12.7. The summed E-state index contributed by atoms with van der Waals surface area (Å²) in [7, 11) is -5.74. The zero-order chi connectivity index (χ0) is 25.4. The zero-order valence-electron chi connectivity index (χ0n) is 20.8. The van der Waals surface area contributed by atoms with Gasteiger partial charge in [0.2, 0.25) is 7.29 Å². The molecule has 0 aliphatic heterocycles. The molecule has 0 atom stereocenters. The molecule has 37 heavy (non-hydrogen) atoms. The molecule has 0 unspecified atom stereocenters. The molecule has 0 aromatic heterocycles. The smallest absolute Gasteiger partial charge is 0.246 e. The second kappa shape index (κ2) is 11.7. The van der Waals surface area contributed by atoms with E-state index in [1.54, 1.807) is 0 Å². The maximum Gasteiger partial charge on any atom is 0.246 e. The van der Waals surface area contributed by atoms with Gasteiger partial charge in [-0.1, -0.05) is 127 Å². The van der Waals surface area contributed by atoms with Crippen molar-refractivity contribution in [2.45, 2.75) is 12.8 Å². The minimum Gasteiger partial charge on any atom is -0.288 e. The van der Waals surface area contributed by atoms with Gasteiger partial charge in [-0.05, 0) is 59.4 Å². The molecule has 0 fully saturated rings. The third kappa shape index (κ3) is 5.62. The van der Waals surface area contributed by atoms with Crippen LogP contribution in [0.2, 0.25) is 0 Å². The van der Waals surface area contributed by atoms with Crippen LogP contribution in [0.1, 0.15) is 12.0 Å². The Hall–Kier alpha value is -3.44. The van der Waals surface area contributed by atoms with Gasteiger partial charge < -0.3 is 0 Å². The van der Waals surface area contributed by atoms with E-state index in [9.17, 15) is 0 Å². The molecule has 0 saturated heterocycles. The highest BCUT2D eigenvalue weighted by atomic mass is 31.2. The van der Waals surface area contributed by atoms with E-state index in [4.69, 9.17) is 4.52 Å². The average Bonchev–Trinajstić information content (AvgIpc) is 2.99. The first-order valence-corrected chi connectivity index (χ1v) is 16.3. The van der Waals surface area contributed by atoms with Crippen LogP contribution in [0.25, 0.3) is 0 Å². The summed E-state index contributed by atoms with van der Waals surface area (Å²) in [6.45, 7) is 0. The molecule has 184 valence electrons. The van der Waals surface area contributed by atoms with Gasteiger partial charge in [-0.25, -0.2) is 4.52 Å². The normalized spacial score (nSPS) is 11.7. The van der Waals surface area contributed by atoms with Crippen LogP contribution < -0.4 is 21.2 Å². The molecule has 0 heterocycles. The highest BCUT2D eigenvalue weighted by Crippen LogP contribution is 2.60. The van der Waals surface area contributed by atoms with Gasteiger partial charge in [-0.2, -0.15) is 0 Å². The molecule has 0 aliphatic carbocycles. The number of hydrogen-bond acceptors (Lipinski definition) is 1. The van der Waals surface area contributed by atoms with E-state index in [1.165, 1.54) is 16.2 Å². The number of hydrogen-bond donors (Lipinski definition) is 0. The molecule has 5 aromatic carbocycles. The van der Waals surface area contributed by atoms with E-state index in [1.807, 2.05) is 72.8 Å². The predicted molar refractivity (Wildman–Crippen MR) is 161 cm³/mol. The third-order valence-corrected chi connectivity index (χ3v) is 14.1. The Morgan fingerprint density at radius 3 is 1.22 bits per heavy atom. The third-order valence-electron chi connectivity index (χ3n) is 6.65. The molecule has 0 N–H and O–H groups in total. The lowest BCUT2D eigenvalue weighted by molar-refractivity contribution is 0.588. The molecule has 0 spiro atoms. The Balaban J connectivity index is 1.76. The Labute approximate surface area is 220 Å². The SMILES string of the molecule is O=P(N=P(CCCc1ccccc1)(c1ccccc1)c1ccccc1)(c1ccccc1)c1ccccc1. The van der Waals surface area contributed by atoms with Gasteiger partial charge in [0.1, 0.15) is 0 Å². The van der Waals surface area contributed by atoms with Gasteiger partial charge in [0, 0.05) is 17.7 Å². The number of rotatable bonds is 9. The van der Waals surface area contributed by atoms with Crippen molar-refractivity contribution < 1.29 is 4.57 Å². The average molecular weight is 520 g/mol. The maximum absolute atomic E-state index is 15.3. The van der Waals surface area contributed by atoms with E-state index in [2.05, 4.69) is 78.9 Å². The Bertz CT molecular complexity index is 1420. The van der Waals surface area contributed by atoms with Crippen molar-refractivity contribution in [3.05, 3.63) is 157 Å². The summed E-state index contributed by atoms with van der Waals surface area (Å²) < 4.78 is 20.9. The molecule has 4 heteroatoms. The van der Waals surface area contributed by atoms with Gasteiger partial charge in [-0.15, -0.1) is 0 Å². The van der Waals surface area contributed by atoms with Gasteiger partial charge in [-0.3, -0.25) is 4.57 Å². The lowest BCUT2D eigenvalue weighted by Crippen LogP contribution is -2.22. The summed E-state index contributed by atoms with van der Waals surface area (Å²) >= 11 is 0. The molecular weight excluding hydrogens is 488 g/mol. The maximum atomic E-state index is 15.3. The summed E-state index contributed by atoms with van der Waals surface area (Å²) in [5.74, 6) is 0. The Morgan fingerprint density at radius 1 is 0.459 bits per heavy atom. The van der Waals surface area contributed by atoms with E-state index in [0.29, 0.717) is 0 Å². The molecule has 0 aliphatic rings. The number of nitrogens with zero attached hydrogens (tertiary/aromatic N) is 1. The Morgan fingerprint density at radius 2 is 0.811 bits per heavy atom. The van der Waals surface area contributed by atoms with Crippen LogP contribution in [0.3, 0.4) is 0 Å². The standard InChI is InChI=1S/C33H31NOP2/c35-37(32-24-12-4-13-25-32,33-26-14-5-15-27-33)34-36(30-20-8-2-9-21-30,31-22-10-3-11-23-31)28-16-19-29-17-6-1-7-18-29/h1-15,17-18,20-27H,16,19,28H2. The van der Waals surface area contributed by atoms with Gasteiger partial charge in [0.25, 0.3) is 0 Å². The molecule has 5 aromatic rings. The summed E-state index contributed by atoms with van der Waals surface area (Å²) in [6, 6.07) is 51.3. The van der Waals surface area contributed by atoms with Crippen LogP contribution in [-0.4, -0.2) is 6.16 Å². The lowest BCUT2D eigenvalue weighted by atomic mass is 10.1. The monoisotopic (exact) mass is 519 g/mol. The van der Waals surface area contributed by atoms with Crippen molar-refractivity contribution >= 4 is 35.6 Å². The zero-order valence-corrected chi connectivity index (χ0v) is 22.6. The minimum atomic E-state index is -3.31. The summed E-state index contributed by atoms with van der Waals surface area (Å²) in [6.07, 6.45) is 2.76. The van der Waals surface area contributed by atoms with Crippen molar-refractivity contribution in [1.29, 1.82) is 0 Å².